The second-order valence-electron chi connectivity index (χ2n) is 6.38. The molecule has 0 spiro atoms. The number of carbonyl (C=O) groups excluding carboxylic acids is 1. The van der Waals surface area contributed by atoms with E-state index in [1.54, 1.807) is 12.3 Å². The van der Waals surface area contributed by atoms with Gasteiger partial charge in [-0.05, 0) is 41.8 Å². The third-order valence-electron chi connectivity index (χ3n) is 4.53. The van der Waals surface area contributed by atoms with Crippen LogP contribution < -0.4 is 10.1 Å². The van der Waals surface area contributed by atoms with Crippen LogP contribution in [-0.4, -0.2) is 16.0 Å². The molecule has 1 aliphatic heterocycles. The van der Waals surface area contributed by atoms with Crippen molar-refractivity contribution in [3.63, 3.8) is 0 Å². The van der Waals surface area contributed by atoms with Crippen molar-refractivity contribution < 1.29 is 14.6 Å². The van der Waals surface area contributed by atoms with Crippen LogP contribution in [0.1, 0.15) is 29.0 Å². The van der Waals surface area contributed by atoms with Crippen molar-refractivity contribution in [2.24, 2.45) is 0 Å². The first kappa shape index (κ1) is 16.1. The highest BCUT2D eigenvalue weighted by atomic mass is 16.5. The number of hydrogen-bond acceptors (Lipinski definition) is 4. The predicted molar refractivity (Wildman–Crippen MR) is 98.7 cm³/mol. The Morgan fingerprint density at radius 1 is 1.15 bits per heavy atom. The fourth-order valence-corrected chi connectivity index (χ4v) is 3.18. The highest BCUT2D eigenvalue weighted by Gasteiger charge is 2.27. The van der Waals surface area contributed by atoms with E-state index in [0.717, 1.165) is 22.4 Å². The number of aryl methyl sites for hydroxylation is 1. The molecule has 130 valence electrons. The number of fused-ring (bicyclic) bond motifs is 1. The molecule has 2 heterocycles. The minimum atomic E-state index is -0.101. The summed E-state index contributed by atoms with van der Waals surface area (Å²) >= 11 is 0. The number of amides is 1. The number of ether oxygens (including phenoxy) is 1. The summed E-state index contributed by atoms with van der Waals surface area (Å²) in [5.41, 5.74) is 3.35. The van der Waals surface area contributed by atoms with Crippen LogP contribution in [-0.2, 0) is 4.79 Å². The molecule has 0 fully saturated rings. The average molecular weight is 346 g/mol. The maximum Gasteiger partial charge on any atom is 0.225 e. The molecule has 0 aliphatic carbocycles. The first-order valence-electron chi connectivity index (χ1n) is 8.42. The van der Waals surface area contributed by atoms with Crippen molar-refractivity contribution >= 4 is 11.6 Å². The zero-order valence-corrected chi connectivity index (χ0v) is 14.3. The van der Waals surface area contributed by atoms with Crippen LogP contribution in [0.2, 0.25) is 0 Å². The molecule has 2 aromatic carbocycles. The van der Waals surface area contributed by atoms with Crippen molar-refractivity contribution in [2.75, 3.05) is 5.32 Å². The number of phenols is 1. The monoisotopic (exact) mass is 346 g/mol. The summed E-state index contributed by atoms with van der Waals surface area (Å²) in [4.78, 5) is 16.5. The molecule has 1 unspecified atom stereocenters. The average Bonchev–Trinajstić information content (AvgIpc) is 2.64. The molecule has 5 nitrogen and oxygen atoms in total. The number of carbonyl (C=O) groups is 1. The van der Waals surface area contributed by atoms with E-state index in [2.05, 4.69) is 10.3 Å². The number of nitrogens with zero attached hydrogens (tertiary/aromatic N) is 1. The van der Waals surface area contributed by atoms with E-state index < -0.39 is 0 Å². The third kappa shape index (κ3) is 3.11. The molecule has 1 aliphatic rings. The largest absolute Gasteiger partial charge is 0.508 e. The summed E-state index contributed by atoms with van der Waals surface area (Å²) in [5.74, 6) is 1.23. The van der Waals surface area contributed by atoms with Crippen molar-refractivity contribution in [2.45, 2.75) is 19.3 Å². The number of pyridine rings is 1. The first-order chi connectivity index (χ1) is 12.6. The van der Waals surface area contributed by atoms with Crippen LogP contribution in [0.25, 0.3) is 0 Å². The number of rotatable bonds is 3. The zero-order chi connectivity index (χ0) is 18.1. The molecular formula is C21H18N2O3. The zero-order valence-electron chi connectivity index (χ0n) is 14.3. The van der Waals surface area contributed by atoms with E-state index >= 15 is 0 Å². The Kier molecular flexibility index (Phi) is 4.05. The van der Waals surface area contributed by atoms with Crippen LogP contribution in [0.3, 0.4) is 0 Å². The van der Waals surface area contributed by atoms with E-state index in [9.17, 15) is 9.90 Å². The molecule has 0 radical (unpaired) electrons. The number of nitrogens with one attached hydrogen (secondary N) is 1. The highest BCUT2D eigenvalue weighted by molar-refractivity contribution is 5.95. The van der Waals surface area contributed by atoms with Gasteiger partial charge in [-0.2, -0.15) is 0 Å². The number of para-hydroxylation sites is 1. The molecule has 0 bridgehead atoms. The number of benzene rings is 2. The van der Waals surface area contributed by atoms with Crippen molar-refractivity contribution in [1.82, 2.24) is 4.98 Å². The highest BCUT2D eigenvalue weighted by Crippen LogP contribution is 2.40. The Bertz CT molecular complexity index is 953. The van der Waals surface area contributed by atoms with Gasteiger partial charge >= 0.3 is 0 Å². The summed E-state index contributed by atoms with van der Waals surface area (Å²) in [5, 5.41) is 12.7. The molecule has 26 heavy (non-hydrogen) atoms. The smallest absolute Gasteiger partial charge is 0.225 e. The summed E-state index contributed by atoms with van der Waals surface area (Å²) in [6.07, 6.45) is 2.09. The minimum absolute atomic E-state index is 0.0737. The third-order valence-corrected chi connectivity index (χ3v) is 4.53. The first-order valence-corrected chi connectivity index (χ1v) is 8.42. The Hall–Kier alpha value is -3.34. The van der Waals surface area contributed by atoms with Crippen LogP contribution in [0.4, 0.5) is 5.69 Å². The van der Waals surface area contributed by atoms with Gasteiger partial charge in [0, 0.05) is 36.4 Å². The summed E-state index contributed by atoms with van der Waals surface area (Å²) < 4.78 is 5.72. The molecule has 3 aromatic rings. The van der Waals surface area contributed by atoms with Crippen LogP contribution in [0, 0.1) is 6.92 Å². The predicted octanol–water partition coefficient (Wildman–Crippen LogP) is 4.36. The van der Waals surface area contributed by atoms with Crippen LogP contribution >= 0.6 is 0 Å². The fraction of sp³-hybridized carbons (Fsp3) is 0.143. The lowest BCUT2D eigenvalue weighted by molar-refractivity contribution is -0.116. The van der Waals surface area contributed by atoms with E-state index in [1.165, 1.54) is 0 Å². The summed E-state index contributed by atoms with van der Waals surface area (Å²) in [6.45, 7) is 1.85. The fourth-order valence-electron chi connectivity index (χ4n) is 3.18. The lowest BCUT2D eigenvalue weighted by atomic mass is 9.84. The Morgan fingerprint density at radius 2 is 1.96 bits per heavy atom. The molecule has 2 N–H and O–H groups in total. The van der Waals surface area contributed by atoms with Gasteiger partial charge in [0.15, 0.2) is 0 Å². The van der Waals surface area contributed by atoms with Crippen molar-refractivity contribution in [3.8, 4) is 17.4 Å². The van der Waals surface area contributed by atoms with Gasteiger partial charge in [-0.25, -0.2) is 4.98 Å². The molecular weight excluding hydrogens is 328 g/mol. The number of hydrogen-bond donors (Lipinski definition) is 2. The van der Waals surface area contributed by atoms with Crippen LogP contribution in [0.5, 0.6) is 17.4 Å². The maximum atomic E-state index is 12.1. The van der Waals surface area contributed by atoms with Crippen molar-refractivity contribution in [1.29, 1.82) is 0 Å². The molecule has 0 saturated carbocycles. The number of phenolic OH excluding ortho intramolecular Hbond substituents is 1. The number of anilines is 1. The number of aromatic nitrogens is 1. The molecule has 5 heteroatoms. The normalized spacial score (nSPS) is 15.9. The molecule has 1 aromatic heterocycles. The Morgan fingerprint density at radius 3 is 2.69 bits per heavy atom. The Balaban J connectivity index is 1.64. The van der Waals surface area contributed by atoms with E-state index in [-0.39, 0.29) is 17.6 Å². The summed E-state index contributed by atoms with van der Waals surface area (Å²) in [7, 11) is 0. The topological polar surface area (TPSA) is 71.5 Å². The lowest BCUT2D eigenvalue weighted by Crippen LogP contribution is -2.23. The van der Waals surface area contributed by atoms with Gasteiger partial charge in [-0.1, -0.05) is 24.3 Å². The Labute approximate surface area is 151 Å². The van der Waals surface area contributed by atoms with Crippen molar-refractivity contribution in [3.05, 3.63) is 77.5 Å². The van der Waals surface area contributed by atoms with Gasteiger partial charge in [0.05, 0.1) is 0 Å². The minimum Gasteiger partial charge on any atom is -0.508 e. The second kappa shape index (κ2) is 6.52. The van der Waals surface area contributed by atoms with Gasteiger partial charge in [0.25, 0.3) is 0 Å². The van der Waals surface area contributed by atoms with Gasteiger partial charge < -0.3 is 15.2 Å². The number of aromatic hydroxyl groups is 1. The standard InChI is InChI=1S/C21H18N2O3/c1-13-9-17-16(10-20(25)23-18(17)11-19(13)24)14-7-8-21(22-12-14)26-15-5-3-2-4-6-15/h2-9,11-12,16,24H,10H2,1H3,(H,23,25). The van der Waals surface area contributed by atoms with Gasteiger partial charge in [0.2, 0.25) is 11.8 Å². The molecule has 0 saturated heterocycles. The molecule has 4 rings (SSSR count). The maximum absolute atomic E-state index is 12.1. The molecule has 1 amide bonds. The van der Waals surface area contributed by atoms with E-state index in [4.69, 9.17) is 4.74 Å². The lowest BCUT2D eigenvalue weighted by Gasteiger charge is -2.26. The second-order valence-corrected chi connectivity index (χ2v) is 6.38. The van der Waals surface area contributed by atoms with E-state index in [1.807, 2.05) is 55.5 Å². The SMILES string of the molecule is Cc1cc2c(cc1O)NC(=O)CC2c1ccc(Oc2ccccc2)nc1. The van der Waals surface area contributed by atoms with E-state index in [0.29, 0.717) is 18.0 Å². The summed E-state index contributed by atoms with van der Waals surface area (Å²) in [6, 6.07) is 16.7. The van der Waals surface area contributed by atoms with Crippen LogP contribution in [0.15, 0.2) is 60.8 Å². The van der Waals surface area contributed by atoms with Gasteiger partial charge in [-0.15, -0.1) is 0 Å². The van der Waals surface area contributed by atoms with Gasteiger partial charge in [-0.3, -0.25) is 4.79 Å². The van der Waals surface area contributed by atoms with Gasteiger partial charge in [0.1, 0.15) is 11.5 Å². The molecule has 1 atom stereocenters. The quantitative estimate of drug-likeness (QED) is 0.739.